The predicted octanol–water partition coefficient (Wildman–Crippen LogP) is 3.43. The third kappa shape index (κ3) is 2.67. The quantitative estimate of drug-likeness (QED) is 0.604. The molecule has 0 radical (unpaired) electrons. The molecule has 0 heterocycles. The van der Waals surface area contributed by atoms with Crippen molar-refractivity contribution >= 4 is 17.3 Å². The first-order chi connectivity index (χ1) is 6.65. The topological polar surface area (TPSA) is 20.2 Å². The normalized spacial score (nSPS) is 11.4. The molecule has 0 fully saturated rings. The van der Waals surface area contributed by atoms with Crippen LogP contribution in [-0.4, -0.2) is 10.2 Å². The Bertz CT molecular complexity index is 366. The number of rotatable bonds is 3. The lowest BCUT2D eigenvalue weighted by molar-refractivity contribution is 0.570. The van der Waals surface area contributed by atoms with E-state index in [1.165, 1.54) is 5.57 Å². The van der Waals surface area contributed by atoms with Crippen LogP contribution in [0.1, 0.15) is 25.0 Å². The first kappa shape index (κ1) is 10.9. The van der Waals surface area contributed by atoms with Crippen molar-refractivity contribution in [1.29, 1.82) is 0 Å². The van der Waals surface area contributed by atoms with E-state index in [1.54, 1.807) is 0 Å². The molecule has 2 heteroatoms. The highest BCUT2D eigenvalue weighted by Crippen LogP contribution is 2.13. The molecule has 0 aromatic heterocycles. The van der Waals surface area contributed by atoms with Crippen molar-refractivity contribution in [2.75, 3.05) is 0 Å². The Balaban J connectivity index is 3.02. The monoisotopic (exact) mass is 206 g/mol. The second-order valence-electron chi connectivity index (χ2n) is 3.27. The molecular weight excluding hydrogens is 192 g/mol. The van der Waals surface area contributed by atoms with Gasteiger partial charge in [0.05, 0.1) is 0 Å². The van der Waals surface area contributed by atoms with Crippen molar-refractivity contribution < 1.29 is 5.11 Å². The van der Waals surface area contributed by atoms with Gasteiger partial charge < -0.3 is 5.11 Å². The van der Waals surface area contributed by atoms with Gasteiger partial charge in [0.1, 0.15) is 0 Å². The largest absolute Gasteiger partial charge is 0.499 e. The Labute approximate surface area is 90.1 Å². The summed E-state index contributed by atoms with van der Waals surface area (Å²) >= 11 is 4.77. The zero-order valence-corrected chi connectivity index (χ0v) is 9.27. The van der Waals surface area contributed by atoms with Crippen LogP contribution in [0, 0.1) is 0 Å². The number of hydrogen-bond donors (Lipinski definition) is 1. The number of aliphatic hydroxyl groups excluding tert-OH is 1. The lowest BCUT2D eigenvalue weighted by Crippen LogP contribution is -2.01. The van der Waals surface area contributed by atoms with Gasteiger partial charge in [-0.15, -0.1) is 0 Å². The van der Waals surface area contributed by atoms with E-state index in [9.17, 15) is 5.11 Å². The van der Waals surface area contributed by atoms with Crippen LogP contribution in [0.25, 0.3) is 0 Å². The maximum atomic E-state index is 9.30. The molecule has 0 aliphatic carbocycles. The second-order valence-corrected chi connectivity index (χ2v) is 3.66. The maximum absolute atomic E-state index is 9.30. The molecule has 1 aromatic rings. The van der Waals surface area contributed by atoms with Crippen LogP contribution in [0.2, 0.25) is 0 Å². The molecule has 1 aromatic carbocycles. The summed E-state index contributed by atoms with van der Waals surface area (Å²) in [7, 11) is 0. The van der Waals surface area contributed by atoms with Gasteiger partial charge in [0.2, 0.25) is 0 Å². The molecule has 0 amide bonds. The predicted molar refractivity (Wildman–Crippen MR) is 63.9 cm³/mol. The van der Waals surface area contributed by atoms with Crippen molar-refractivity contribution in [1.82, 2.24) is 0 Å². The lowest BCUT2D eigenvalue weighted by Gasteiger charge is -2.06. The summed E-state index contributed by atoms with van der Waals surface area (Å²) in [6, 6.07) is 7.68. The van der Waals surface area contributed by atoms with Crippen molar-refractivity contribution in [2.45, 2.75) is 20.3 Å². The molecule has 0 bridgehead atoms. The highest BCUT2D eigenvalue weighted by Gasteiger charge is 2.05. The van der Waals surface area contributed by atoms with Gasteiger partial charge in [-0.05, 0) is 38.0 Å². The van der Waals surface area contributed by atoms with Crippen LogP contribution < -0.4 is 0 Å². The second kappa shape index (κ2) is 4.91. The summed E-state index contributed by atoms with van der Waals surface area (Å²) in [4.78, 5) is 0. The van der Waals surface area contributed by atoms with Crippen molar-refractivity contribution in [3.05, 3.63) is 47.0 Å². The van der Waals surface area contributed by atoms with Gasteiger partial charge >= 0.3 is 0 Å². The molecule has 1 rings (SSSR count). The van der Waals surface area contributed by atoms with E-state index in [4.69, 9.17) is 12.2 Å². The minimum Gasteiger partial charge on any atom is -0.499 e. The molecule has 1 N–H and O–H groups in total. The van der Waals surface area contributed by atoms with E-state index in [0.29, 0.717) is 0 Å². The van der Waals surface area contributed by atoms with Crippen LogP contribution >= 0.6 is 12.2 Å². The molecule has 0 saturated heterocycles. The molecule has 74 valence electrons. The highest BCUT2D eigenvalue weighted by atomic mass is 32.1. The van der Waals surface area contributed by atoms with Crippen LogP contribution in [0.5, 0.6) is 0 Å². The van der Waals surface area contributed by atoms with Gasteiger partial charge in [-0.1, -0.05) is 35.9 Å². The Morgan fingerprint density at radius 1 is 1.43 bits per heavy atom. The van der Waals surface area contributed by atoms with Crippen LogP contribution in [0.3, 0.4) is 0 Å². The lowest BCUT2D eigenvalue weighted by atomic mass is 10.0. The molecule has 14 heavy (non-hydrogen) atoms. The maximum Gasteiger partial charge on any atom is 0.188 e. The number of thiocarbonyl (C=S) groups is 1. The molecule has 0 aliphatic rings. The molecule has 0 spiro atoms. The molecular formula is C12H14OS. The van der Waals surface area contributed by atoms with Gasteiger partial charge in [-0.3, -0.25) is 0 Å². The molecule has 0 unspecified atom stereocenters. The zero-order chi connectivity index (χ0) is 10.6. The fourth-order valence-electron chi connectivity index (χ4n) is 1.29. The van der Waals surface area contributed by atoms with E-state index in [2.05, 4.69) is 13.0 Å². The number of benzene rings is 1. The van der Waals surface area contributed by atoms with Gasteiger partial charge in [0, 0.05) is 5.56 Å². The van der Waals surface area contributed by atoms with Crippen molar-refractivity contribution in [2.24, 2.45) is 0 Å². The zero-order valence-electron chi connectivity index (χ0n) is 8.45. The smallest absolute Gasteiger partial charge is 0.188 e. The fraction of sp³-hybridized carbons (Fsp3) is 0.250. The molecule has 0 aliphatic heterocycles. The first-order valence-corrected chi connectivity index (χ1v) is 4.99. The van der Waals surface area contributed by atoms with Crippen molar-refractivity contribution in [3.63, 3.8) is 0 Å². The summed E-state index contributed by atoms with van der Waals surface area (Å²) in [5, 5.41) is 9.28. The Morgan fingerprint density at radius 3 is 2.64 bits per heavy atom. The van der Waals surface area contributed by atoms with E-state index in [0.717, 1.165) is 17.5 Å². The van der Waals surface area contributed by atoms with Crippen LogP contribution in [0.15, 0.2) is 35.9 Å². The van der Waals surface area contributed by atoms with Gasteiger partial charge in [0.25, 0.3) is 0 Å². The van der Waals surface area contributed by atoms with Crippen LogP contribution in [0.4, 0.5) is 0 Å². The summed E-state index contributed by atoms with van der Waals surface area (Å²) in [6.07, 6.45) is 2.91. The minimum absolute atomic E-state index is 0.0236. The van der Waals surface area contributed by atoms with Crippen LogP contribution in [-0.2, 0) is 6.42 Å². The average molecular weight is 206 g/mol. The first-order valence-electron chi connectivity index (χ1n) is 4.58. The average Bonchev–Trinajstić information content (AvgIpc) is 2.18. The van der Waals surface area contributed by atoms with E-state index < -0.39 is 0 Å². The molecule has 0 atom stereocenters. The third-order valence-corrected chi connectivity index (χ3v) is 2.43. The Hall–Kier alpha value is -1.15. The Morgan fingerprint density at radius 2 is 2.07 bits per heavy atom. The highest BCUT2D eigenvalue weighted by molar-refractivity contribution is 7.80. The number of aliphatic hydroxyl groups is 1. The van der Waals surface area contributed by atoms with Gasteiger partial charge in [-0.2, -0.15) is 0 Å². The summed E-state index contributed by atoms with van der Waals surface area (Å²) in [5.74, 6) is 0. The van der Waals surface area contributed by atoms with E-state index in [-0.39, 0.29) is 5.05 Å². The number of hydrogen-bond acceptors (Lipinski definition) is 1. The van der Waals surface area contributed by atoms with E-state index >= 15 is 0 Å². The Kier molecular flexibility index (Phi) is 3.84. The van der Waals surface area contributed by atoms with Gasteiger partial charge in [0.15, 0.2) is 5.05 Å². The third-order valence-electron chi connectivity index (χ3n) is 2.21. The summed E-state index contributed by atoms with van der Waals surface area (Å²) in [6.45, 7) is 4.08. The fourth-order valence-corrected chi connectivity index (χ4v) is 1.48. The summed E-state index contributed by atoms with van der Waals surface area (Å²) < 4.78 is 0. The molecule has 1 nitrogen and oxygen atoms in total. The van der Waals surface area contributed by atoms with E-state index in [1.807, 2.05) is 31.2 Å². The SMILES string of the molecule is CC=C(C)Cc1ccccc1C(O)=S. The van der Waals surface area contributed by atoms with Gasteiger partial charge in [-0.25, -0.2) is 0 Å². The summed E-state index contributed by atoms with van der Waals surface area (Å²) in [5.41, 5.74) is 3.12. The molecule has 0 saturated carbocycles. The number of allylic oxidation sites excluding steroid dienone is 2. The van der Waals surface area contributed by atoms with Crippen molar-refractivity contribution in [3.8, 4) is 0 Å². The standard InChI is InChI=1S/C12H14OS/c1-3-9(2)8-10-6-4-5-7-11(10)12(13)14/h3-7H,8H2,1-2H3,(H,13,14). The minimum atomic E-state index is -0.0236.